The molecule has 0 unspecified atom stereocenters. The molecule has 0 aliphatic carbocycles. The van der Waals surface area contributed by atoms with Crippen LogP contribution >= 0.6 is 34.0 Å². The Kier molecular flexibility index (Phi) is 16.3. The fourth-order valence-corrected chi connectivity index (χ4v) is 20.4. The number of rotatable bonds is 9. The molecule has 24 rings (SSSR count). The van der Waals surface area contributed by atoms with Crippen LogP contribution in [0, 0.1) is 0 Å². The van der Waals surface area contributed by atoms with Crippen LogP contribution in [0.4, 0.5) is 0 Å². The summed E-state index contributed by atoms with van der Waals surface area (Å²) in [6, 6.07) is 137. The van der Waals surface area contributed by atoms with Gasteiger partial charge in [0.15, 0.2) is 5.82 Å². The summed E-state index contributed by atoms with van der Waals surface area (Å²) in [5.41, 5.74) is 19.3. The van der Waals surface area contributed by atoms with Crippen molar-refractivity contribution in [1.82, 2.24) is 38.6 Å². The molecule has 9 heterocycles. The van der Waals surface area contributed by atoms with Gasteiger partial charge in [-0.25, -0.2) is 24.9 Å². The first-order valence-electron chi connectivity index (χ1n) is 38.2. The summed E-state index contributed by atoms with van der Waals surface area (Å²) in [4.78, 5) is 25.7. The molecule has 8 nitrogen and oxygen atoms in total. The van der Waals surface area contributed by atoms with Crippen LogP contribution in [0.3, 0.4) is 0 Å². The molecule has 0 aliphatic rings. The van der Waals surface area contributed by atoms with Crippen molar-refractivity contribution in [3.8, 4) is 85.1 Å². The summed E-state index contributed by atoms with van der Waals surface area (Å²) in [6.07, 6.45) is 0. The van der Waals surface area contributed by atoms with E-state index in [9.17, 15) is 0 Å². The third-order valence-corrected chi connectivity index (χ3v) is 25.4. The molecule has 0 saturated carbocycles. The summed E-state index contributed by atoms with van der Waals surface area (Å²) in [5, 5.41) is 15.2. The summed E-state index contributed by atoms with van der Waals surface area (Å²) in [6.45, 7) is 0. The molecule has 0 amide bonds. The molecular weight excluding hydrogens is 1450 g/mol. The van der Waals surface area contributed by atoms with Gasteiger partial charge < -0.3 is 4.57 Å². The third kappa shape index (κ3) is 11.4. The number of thiophene rings is 3. The molecule has 11 heteroatoms. The van der Waals surface area contributed by atoms with E-state index in [0.29, 0.717) is 5.95 Å². The predicted molar refractivity (Wildman–Crippen MR) is 483 cm³/mol. The number of benzene rings is 15. The van der Waals surface area contributed by atoms with Crippen molar-refractivity contribution in [3.05, 3.63) is 388 Å². The van der Waals surface area contributed by atoms with Gasteiger partial charge in [0.05, 0.1) is 81.4 Å². The zero-order valence-electron chi connectivity index (χ0n) is 61.3. The Labute approximate surface area is 667 Å². The van der Waals surface area contributed by atoms with Crippen molar-refractivity contribution < 1.29 is 0 Å². The molecule has 0 N–H and O–H groups in total. The molecule has 534 valence electrons. The Balaban J connectivity index is 0.000000104. The van der Waals surface area contributed by atoms with E-state index in [1.54, 1.807) is 0 Å². The van der Waals surface area contributed by atoms with Gasteiger partial charge in [-0.1, -0.05) is 328 Å². The van der Waals surface area contributed by atoms with Gasteiger partial charge in [0, 0.05) is 118 Å². The van der Waals surface area contributed by atoms with E-state index >= 15 is 0 Å². The van der Waals surface area contributed by atoms with Crippen LogP contribution in [0.2, 0.25) is 0 Å². The molecule has 0 spiro atoms. The Bertz CT molecular complexity index is 6930. The first kappa shape index (κ1) is 66.6. The van der Waals surface area contributed by atoms with Gasteiger partial charge in [0.1, 0.15) is 5.82 Å². The Morgan fingerprint density at radius 2 is 0.482 bits per heavy atom. The van der Waals surface area contributed by atoms with E-state index in [1.165, 1.54) is 109 Å². The fourth-order valence-electron chi connectivity index (χ4n) is 16.6. The highest BCUT2D eigenvalue weighted by atomic mass is 32.1. The zero-order valence-corrected chi connectivity index (χ0v) is 63.7. The smallest absolute Gasteiger partial charge is 0.235 e. The van der Waals surface area contributed by atoms with Gasteiger partial charge in [-0.15, -0.1) is 34.0 Å². The van der Waals surface area contributed by atoms with Crippen LogP contribution in [0.1, 0.15) is 0 Å². The predicted octanol–water partition coefficient (Wildman–Crippen LogP) is 28.4. The van der Waals surface area contributed by atoms with Gasteiger partial charge in [-0.2, -0.15) is 0 Å². The van der Waals surface area contributed by atoms with Gasteiger partial charge in [-0.05, 0) is 54.6 Å². The quantitative estimate of drug-likeness (QED) is 0.144. The lowest BCUT2D eigenvalue weighted by Crippen LogP contribution is -2.04. The lowest BCUT2D eigenvalue weighted by Gasteiger charge is -2.13. The van der Waals surface area contributed by atoms with Crippen LogP contribution in [0.15, 0.2) is 388 Å². The summed E-state index contributed by atoms with van der Waals surface area (Å²) < 4.78 is 14.8. The maximum atomic E-state index is 5.19. The van der Waals surface area contributed by atoms with Gasteiger partial charge >= 0.3 is 0 Å². The van der Waals surface area contributed by atoms with Crippen LogP contribution in [-0.4, -0.2) is 38.6 Å². The van der Waals surface area contributed by atoms with Crippen molar-refractivity contribution in [1.29, 1.82) is 0 Å². The zero-order chi connectivity index (χ0) is 75.2. The van der Waals surface area contributed by atoms with Gasteiger partial charge in [-0.3, -0.25) is 9.13 Å². The fraction of sp³-hybridized carbons (Fsp3) is 0. The monoisotopic (exact) mass is 1510 g/mol. The average molecular weight is 1510 g/mol. The number of aromatic nitrogens is 8. The van der Waals surface area contributed by atoms with Gasteiger partial charge in [0.2, 0.25) is 5.95 Å². The first-order valence-corrected chi connectivity index (χ1v) is 40.6. The number of para-hydroxylation sites is 3. The molecule has 0 atom stereocenters. The standard InChI is InChI=1S/C35H22N2S.2C34H21N3S/c1-3-11-23(12-4-1)30-21-25(22-31(36-30)24-13-5-2-6-14-24)37-32-17-9-7-15-26(32)28-19-20-29-27-16-8-10-18-33(27)38-35(29)34(28)37;1-3-11-22(12-4-1)28-21-29(23-13-5-2-6-14-23)36-34(35-28)37-30-17-9-7-15-24(30)26-19-20-27-25-16-8-10-18-31(25)38-33(27)32(26)37;1-3-11-22(12-4-1)28-21-31(36-34(35-28)23-13-5-2-6-14-23)37-29-17-9-7-15-24(29)26-19-20-27-25-16-8-10-18-30(25)38-33(27)32(26)37/h1-22H;2*1-21H. The van der Waals surface area contributed by atoms with Gasteiger partial charge in [0.25, 0.3) is 0 Å². The minimum atomic E-state index is 0.682. The van der Waals surface area contributed by atoms with E-state index in [1.807, 2.05) is 70.4 Å². The Hall–Kier alpha value is -14.3. The molecule has 15 aromatic carbocycles. The average Bonchev–Trinajstić information content (AvgIpc) is 1.57. The first-order chi connectivity index (χ1) is 56.5. The number of fused-ring (bicyclic) bond motifs is 21. The molecule has 9 aromatic heterocycles. The minimum absolute atomic E-state index is 0.682. The van der Waals surface area contributed by atoms with Crippen molar-refractivity contribution in [2.75, 3.05) is 0 Å². The second-order valence-electron chi connectivity index (χ2n) is 28.5. The van der Waals surface area contributed by atoms with E-state index in [-0.39, 0.29) is 0 Å². The number of hydrogen-bond acceptors (Lipinski definition) is 8. The topological polar surface area (TPSA) is 79.2 Å². The van der Waals surface area contributed by atoms with Crippen LogP contribution < -0.4 is 0 Å². The summed E-state index contributed by atoms with van der Waals surface area (Å²) in [5.74, 6) is 2.27. The molecule has 0 radical (unpaired) electrons. The van der Waals surface area contributed by atoms with E-state index < -0.39 is 0 Å². The molecule has 0 saturated heterocycles. The highest BCUT2D eigenvalue weighted by molar-refractivity contribution is 7.27. The molecule has 24 aromatic rings. The molecule has 0 bridgehead atoms. The van der Waals surface area contributed by atoms with Crippen molar-refractivity contribution in [3.63, 3.8) is 0 Å². The molecule has 0 aliphatic heterocycles. The lowest BCUT2D eigenvalue weighted by atomic mass is 10.1. The Morgan fingerprint density at radius 1 is 0.193 bits per heavy atom. The van der Waals surface area contributed by atoms with Crippen molar-refractivity contribution >= 4 is 160 Å². The third-order valence-electron chi connectivity index (χ3n) is 21.8. The lowest BCUT2D eigenvalue weighted by molar-refractivity contribution is 0.998. The summed E-state index contributed by atoms with van der Waals surface area (Å²) >= 11 is 5.57. The van der Waals surface area contributed by atoms with E-state index in [4.69, 9.17) is 24.9 Å². The molecule has 114 heavy (non-hydrogen) atoms. The Morgan fingerprint density at radius 3 is 0.877 bits per heavy atom. The maximum Gasteiger partial charge on any atom is 0.235 e. The number of nitrogens with zero attached hydrogens (tertiary/aromatic N) is 8. The molecule has 0 fully saturated rings. The SMILES string of the molecule is c1ccc(-c2cc(-c3ccccc3)nc(-n3c4ccccc4c4ccc5c6ccccc6sc5c43)n2)cc1.c1ccc(-c2cc(-n3c4ccccc4c4ccc5c6ccccc6sc5c43)cc(-c3ccccc3)n2)cc1.c1ccc(-c2cc(-n3c4ccccc4c4ccc5c6ccccc6sc5c43)nc(-c3ccccc3)n2)cc1. The minimum Gasteiger partial charge on any atom is -0.308 e. The molecular formula is C103H64N8S3. The number of pyridine rings is 1. The maximum absolute atomic E-state index is 5.19. The highest BCUT2D eigenvalue weighted by Gasteiger charge is 2.25. The normalized spacial score (nSPS) is 11.7. The van der Waals surface area contributed by atoms with E-state index in [2.05, 4.69) is 366 Å². The van der Waals surface area contributed by atoms with Crippen molar-refractivity contribution in [2.24, 2.45) is 0 Å². The number of hydrogen-bond donors (Lipinski definition) is 0. The van der Waals surface area contributed by atoms with Crippen molar-refractivity contribution in [2.45, 2.75) is 0 Å². The van der Waals surface area contributed by atoms with Crippen LogP contribution in [0.5, 0.6) is 0 Å². The second kappa shape index (κ2) is 27.9. The second-order valence-corrected chi connectivity index (χ2v) is 31.7. The van der Waals surface area contributed by atoms with Crippen LogP contribution in [-0.2, 0) is 0 Å². The largest absolute Gasteiger partial charge is 0.308 e. The summed E-state index contributed by atoms with van der Waals surface area (Å²) in [7, 11) is 0. The highest BCUT2D eigenvalue weighted by Crippen LogP contribution is 2.48. The van der Waals surface area contributed by atoms with E-state index in [0.717, 1.165) is 95.7 Å². The van der Waals surface area contributed by atoms with Crippen LogP contribution in [0.25, 0.3) is 211 Å².